The van der Waals surface area contributed by atoms with Gasteiger partial charge in [0.25, 0.3) is 0 Å². The molecule has 0 aromatic heterocycles. The largest absolute Gasteiger partial charge is 0.491 e. The minimum absolute atomic E-state index is 0.647. The first-order valence-corrected chi connectivity index (χ1v) is 16.6. The second-order valence-corrected chi connectivity index (χ2v) is 14.8. The van der Waals surface area contributed by atoms with Gasteiger partial charge in [0.05, 0.1) is 14.7 Å². The van der Waals surface area contributed by atoms with Crippen LogP contribution in [0.5, 0.6) is 5.75 Å². The molecule has 3 heteroatoms. The zero-order valence-corrected chi connectivity index (χ0v) is 22.1. The third-order valence-electron chi connectivity index (χ3n) is 6.58. The second-order valence-electron chi connectivity index (χ2n) is 9.72. The van der Waals surface area contributed by atoms with Crippen LogP contribution >= 0.6 is 0 Å². The summed E-state index contributed by atoms with van der Waals surface area (Å²) in [5.74, 6) is 0.934. The lowest BCUT2D eigenvalue weighted by Gasteiger charge is -2.28. The third-order valence-corrected chi connectivity index (χ3v) is 11.3. The Labute approximate surface area is 195 Å². The SMILES string of the molecule is CCCCCCCC[Si](C)(CCCCCCCC)CCCOCCOc1ccccc1. The van der Waals surface area contributed by atoms with E-state index in [0.717, 1.165) is 12.4 Å². The highest BCUT2D eigenvalue weighted by Crippen LogP contribution is 2.28. The summed E-state index contributed by atoms with van der Waals surface area (Å²) in [5, 5.41) is 0. The van der Waals surface area contributed by atoms with E-state index in [9.17, 15) is 0 Å². The molecule has 1 aromatic carbocycles. The standard InChI is InChI=1S/C28H52O2Si/c1-4-6-8-10-12-17-25-31(3,26-18-13-11-9-7-5-2)27-19-22-29-23-24-30-28-20-15-14-16-21-28/h14-16,20-21H,4-13,17-19,22-27H2,1-3H3. The molecule has 0 fully saturated rings. The Morgan fingerprint density at radius 3 is 1.68 bits per heavy atom. The van der Waals surface area contributed by atoms with E-state index in [1.807, 2.05) is 30.3 Å². The molecule has 0 amide bonds. The van der Waals surface area contributed by atoms with Crippen LogP contribution < -0.4 is 4.74 Å². The van der Waals surface area contributed by atoms with Gasteiger partial charge in [-0.25, -0.2) is 0 Å². The number of rotatable bonds is 22. The minimum atomic E-state index is -1.12. The Balaban J connectivity index is 2.21. The van der Waals surface area contributed by atoms with E-state index < -0.39 is 8.07 Å². The molecule has 0 atom stereocenters. The predicted molar refractivity (Wildman–Crippen MR) is 140 cm³/mol. The van der Waals surface area contributed by atoms with Crippen LogP contribution in [-0.2, 0) is 4.74 Å². The Hall–Kier alpha value is -0.803. The van der Waals surface area contributed by atoms with Crippen LogP contribution in [0.15, 0.2) is 30.3 Å². The van der Waals surface area contributed by atoms with Crippen molar-refractivity contribution in [2.45, 2.75) is 122 Å². The Kier molecular flexibility index (Phi) is 18.1. The molecule has 0 aliphatic heterocycles. The number of unbranched alkanes of at least 4 members (excludes halogenated alkanes) is 10. The maximum absolute atomic E-state index is 5.89. The van der Waals surface area contributed by atoms with Crippen molar-refractivity contribution in [2.75, 3.05) is 19.8 Å². The molecule has 31 heavy (non-hydrogen) atoms. The summed E-state index contributed by atoms with van der Waals surface area (Å²) in [6.45, 7) is 9.54. The van der Waals surface area contributed by atoms with Crippen molar-refractivity contribution in [1.29, 1.82) is 0 Å². The molecule has 0 bridgehead atoms. The van der Waals surface area contributed by atoms with E-state index >= 15 is 0 Å². The average Bonchev–Trinajstić information content (AvgIpc) is 2.79. The lowest BCUT2D eigenvalue weighted by Crippen LogP contribution is -2.30. The average molecular weight is 449 g/mol. The van der Waals surface area contributed by atoms with Crippen molar-refractivity contribution in [1.82, 2.24) is 0 Å². The first-order chi connectivity index (χ1) is 15.2. The smallest absolute Gasteiger partial charge is 0.119 e. The fraction of sp³-hybridized carbons (Fsp3) is 0.786. The fourth-order valence-corrected chi connectivity index (χ4v) is 8.43. The summed E-state index contributed by atoms with van der Waals surface area (Å²) in [6.07, 6.45) is 18.4. The minimum Gasteiger partial charge on any atom is -0.491 e. The molecule has 0 saturated heterocycles. The summed E-state index contributed by atoms with van der Waals surface area (Å²) >= 11 is 0. The molecule has 180 valence electrons. The van der Waals surface area contributed by atoms with Gasteiger partial charge in [0.1, 0.15) is 12.4 Å². The topological polar surface area (TPSA) is 18.5 Å². The van der Waals surface area contributed by atoms with Gasteiger partial charge in [-0.05, 0) is 18.6 Å². The molecule has 0 heterocycles. The summed E-state index contributed by atoms with van der Waals surface area (Å²) in [7, 11) is -1.12. The second kappa shape index (κ2) is 19.9. The molecule has 0 aliphatic rings. The number of para-hydroxylation sites is 1. The van der Waals surface area contributed by atoms with E-state index in [1.165, 1.54) is 102 Å². The van der Waals surface area contributed by atoms with Crippen molar-refractivity contribution in [3.63, 3.8) is 0 Å². The number of ether oxygens (including phenoxy) is 2. The predicted octanol–water partition coefficient (Wildman–Crippen LogP) is 9.27. The highest BCUT2D eigenvalue weighted by Gasteiger charge is 2.25. The van der Waals surface area contributed by atoms with E-state index in [2.05, 4.69) is 20.4 Å². The van der Waals surface area contributed by atoms with Crippen LogP contribution in [0.1, 0.15) is 97.3 Å². The molecule has 0 saturated carbocycles. The van der Waals surface area contributed by atoms with Gasteiger partial charge in [0.15, 0.2) is 0 Å². The van der Waals surface area contributed by atoms with Gasteiger partial charge in [0.2, 0.25) is 0 Å². The zero-order chi connectivity index (χ0) is 22.5. The van der Waals surface area contributed by atoms with Crippen LogP contribution in [0.4, 0.5) is 0 Å². The van der Waals surface area contributed by atoms with Crippen LogP contribution in [0.3, 0.4) is 0 Å². The van der Waals surface area contributed by atoms with Gasteiger partial charge in [-0.2, -0.15) is 0 Å². The Bertz CT molecular complexity index is 475. The summed E-state index contributed by atoms with van der Waals surface area (Å²) in [5.41, 5.74) is 0. The quantitative estimate of drug-likeness (QED) is 0.130. The van der Waals surface area contributed by atoms with Gasteiger partial charge in [-0.1, -0.05) is 134 Å². The monoisotopic (exact) mass is 448 g/mol. The van der Waals surface area contributed by atoms with Gasteiger partial charge in [-0.15, -0.1) is 0 Å². The van der Waals surface area contributed by atoms with Gasteiger partial charge < -0.3 is 9.47 Å². The van der Waals surface area contributed by atoms with Crippen molar-refractivity contribution in [3.8, 4) is 5.75 Å². The van der Waals surface area contributed by atoms with E-state index in [0.29, 0.717) is 13.2 Å². The summed E-state index contributed by atoms with van der Waals surface area (Å²) in [4.78, 5) is 0. The van der Waals surface area contributed by atoms with Crippen LogP contribution in [-0.4, -0.2) is 27.9 Å². The summed E-state index contributed by atoms with van der Waals surface area (Å²) < 4.78 is 11.6. The number of hydrogen-bond acceptors (Lipinski definition) is 2. The van der Waals surface area contributed by atoms with E-state index in [1.54, 1.807) is 0 Å². The molecule has 0 spiro atoms. The molecule has 1 rings (SSSR count). The van der Waals surface area contributed by atoms with Crippen LogP contribution in [0.2, 0.25) is 24.7 Å². The van der Waals surface area contributed by atoms with Gasteiger partial charge in [0, 0.05) is 6.61 Å². The van der Waals surface area contributed by atoms with Crippen molar-refractivity contribution < 1.29 is 9.47 Å². The lowest BCUT2D eigenvalue weighted by molar-refractivity contribution is 0.100. The lowest BCUT2D eigenvalue weighted by atomic mass is 10.1. The van der Waals surface area contributed by atoms with Crippen LogP contribution in [0.25, 0.3) is 0 Å². The fourth-order valence-electron chi connectivity index (χ4n) is 4.48. The van der Waals surface area contributed by atoms with Crippen molar-refractivity contribution in [3.05, 3.63) is 30.3 Å². The maximum Gasteiger partial charge on any atom is 0.119 e. The zero-order valence-electron chi connectivity index (χ0n) is 21.1. The first-order valence-electron chi connectivity index (χ1n) is 13.5. The summed E-state index contributed by atoms with van der Waals surface area (Å²) in [6, 6.07) is 14.5. The van der Waals surface area contributed by atoms with Crippen LogP contribution in [0, 0.1) is 0 Å². The van der Waals surface area contributed by atoms with E-state index in [4.69, 9.17) is 9.47 Å². The molecular formula is C28H52O2Si. The number of hydrogen-bond donors (Lipinski definition) is 0. The highest BCUT2D eigenvalue weighted by atomic mass is 28.3. The van der Waals surface area contributed by atoms with E-state index in [-0.39, 0.29) is 0 Å². The Morgan fingerprint density at radius 2 is 1.10 bits per heavy atom. The van der Waals surface area contributed by atoms with Gasteiger partial charge in [-0.3, -0.25) is 0 Å². The Morgan fingerprint density at radius 1 is 0.581 bits per heavy atom. The molecule has 2 nitrogen and oxygen atoms in total. The van der Waals surface area contributed by atoms with Gasteiger partial charge >= 0.3 is 0 Å². The highest BCUT2D eigenvalue weighted by molar-refractivity contribution is 6.78. The van der Waals surface area contributed by atoms with Crippen molar-refractivity contribution >= 4 is 8.07 Å². The normalized spacial score (nSPS) is 11.7. The maximum atomic E-state index is 5.89. The number of benzene rings is 1. The first kappa shape index (κ1) is 28.2. The molecule has 1 aromatic rings. The molecular weight excluding hydrogens is 396 g/mol. The third kappa shape index (κ3) is 16.5. The molecule has 0 aliphatic carbocycles. The molecule has 0 radical (unpaired) electrons. The molecule has 0 N–H and O–H groups in total. The van der Waals surface area contributed by atoms with Crippen molar-refractivity contribution in [2.24, 2.45) is 0 Å². The molecule has 0 unspecified atom stereocenters.